The second-order valence-electron chi connectivity index (χ2n) is 7.27. The van der Waals surface area contributed by atoms with Crippen molar-refractivity contribution in [1.82, 2.24) is 9.97 Å². The van der Waals surface area contributed by atoms with E-state index in [4.69, 9.17) is 0 Å². The van der Waals surface area contributed by atoms with E-state index >= 15 is 0 Å². The molecule has 4 rings (SSSR count). The molecule has 2 heterocycles. The molecular formula is C21H21N5O3S. The highest BCUT2D eigenvalue weighted by atomic mass is 32.2. The topological polar surface area (TPSA) is 95.5 Å². The van der Waals surface area contributed by atoms with Crippen molar-refractivity contribution >= 4 is 44.6 Å². The molecular weight excluding hydrogens is 402 g/mol. The molecule has 0 fully saturated rings. The van der Waals surface area contributed by atoms with Crippen LogP contribution < -0.4 is 15.1 Å². The number of hydrogen-bond acceptors (Lipinski definition) is 7. The third-order valence-corrected chi connectivity index (χ3v) is 6.15. The number of hydrogen-bond donors (Lipinski definition) is 1. The number of nitrogens with one attached hydrogen (secondary N) is 1. The summed E-state index contributed by atoms with van der Waals surface area (Å²) in [4.78, 5) is 25.5. The van der Waals surface area contributed by atoms with E-state index < -0.39 is 9.84 Å². The van der Waals surface area contributed by atoms with Crippen LogP contribution in [0.3, 0.4) is 0 Å². The monoisotopic (exact) mass is 423 g/mol. The van der Waals surface area contributed by atoms with Gasteiger partial charge in [0.1, 0.15) is 5.69 Å². The number of amides is 1. The van der Waals surface area contributed by atoms with Crippen molar-refractivity contribution in [2.75, 3.05) is 35.5 Å². The minimum absolute atomic E-state index is 0.128. The number of carbonyl (C=O) groups excluding carboxylic acids is 1. The molecule has 2 aromatic carbocycles. The number of anilines is 5. The smallest absolute Gasteiger partial charge is 0.260 e. The molecule has 1 N–H and O–H groups in total. The van der Waals surface area contributed by atoms with Crippen molar-refractivity contribution < 1.29 is 13.2 Å². The number of aromatic nitrogens is 2. The van der Waals surface area contributed by atoms with Crippen molar-refractivity contribution in [3.05, 3.63) is 59.8 Å². The quantitative estimate of drug-likeness (QED) is 0.691. The maximum absolute atomic E-state index is 12.9. The predicted molar refractivity (Wildman–Crippen MR) is 117 cm³/mol. The van der Waals surface area contributed by atoms with E-state index in [1.54, 1.807) is 25.4 Å². The van der Waals surface area contributed by atoms with Crippen molar-refractivity contribution in [2.45, 2.75) is 11.8 Å². The SMILES string of the molecule is Cc1ccc2c(c1)N(C)c1nc(Nc3ccc(S(C)(=O)=O)cc3)ncc1N(C)C2=O. The normalized spacial score (nSPS) is 13.5. The number of sulfone groups is 1. The molecule has 1 aliphatic heterocycles. The minimum atomic E-state index is -3.26. The maximum atomic E-state index is 12.9. The van der Waals surface area contributed by atoms with Crippen LogP contribution >= 0.6 is 0 Å². The predicted octanol–water partition coefficient (Wildman–Crippen LogP) is 3.29. The van der Waals surface area contributed by atoms with Gasteiger partial charge in [0.2, 0.25) is 5.95 Å². The lowest BCUT2D eigenvalue weighted by atomic mass is 10.1. The van der Waals surface area contributed by atoms with E-state index in [0.29, 0.717) is 28.7 Å². The summed E-state index contributed by atoms with van der Waals surface area (Å²) in [5.41, 5.74) is 3.65. The summed E-state index contributed by atoms with van der Waals surface area (Å²) in [5, 5.41) is 3.09. The van der Waals surface area contributed by atoms with Crippen LogP contribution in [-0.4, -0.2) is 44.6 Å². The Kier molecular flexibility index (Phi) is 4.70. The molecule has 0 unspecified atom stereocenters. The number of fused-ring (bicyclic) bond motifs is 2. The van der Waals surface area contributed by atoms with Crippen molar-refractivity contribution in [3.63, 3.8) is 0 Å². The lowest BCUT2D eigenvalue weighted by Crippen LogP contribution is -2.25. The third-order valence-electron chi connectivity index (χ3n) is 5.02. The molecule has 0 bridgehead atoms. The zero-order valence-corrected chi connectivity index (χ0v) is 17.9. The fourth-order valence-electron chi connectivity index (χ4n) is 3.33. The molecule has 8 nitrogen and oxygen atoms in total. The Bertz CT molecular complexity index is 1260. The fraction of sp³-hybridized carbons (Fsp3) is 0.190. The summed E-state index contributed by atoms with van der Waals surface area (Å²) < 4.78 is 23.3. The number of benzene rings is 2. The van der Waals surface area contributed by atoms with E-state index in [1.807, 2.05) is 37.1 Å². The Morgan fingerprint density at radius 3 is 2.33 bits per heavy atom. The van der Waals surface area contributed by atoms with Gasteiger partial charge in [0.25, 0.3) is 5.91 Å². The first-order valence-electron chi connectivity index (χ1n) is 9.22. The average molecular weight is 423 g/mol. The number of nitrogens with zero attached hydrogens (tertiary/aromatic N) is 4. The summed E-state index contributed by atoms with van der Waals surface area (Å²) in [5.74, 6) is 0.793. The minimum Gasteiger partial charge on any atom is -0.327 e. The molecule has 0 saturated carbocycles. The van der Waals surface area contributed by atoms with Gasteiger partial charge < -0.3 is 15.1 Å². The van der Waals surface area contributed by atoms with Crippen LogP contribution in [0.15, 0.2) is 53.6 Å². The van der Waals surface area contributed by atoms with Crippen molar-refractivity contribution in [3.8, 4) is 0 Å². The van der Waals surface area contributed by atoms with Gasteiger partial charge in [0.05, 0.1) is 22.3 Å². The van der Waals surface area contributed by atoms with Crippen LogP contribution in [0.4, 0.5) is 28.8 Å². The number of aryl methyl sites for hydroxylation is 1. The summed E-state index contributed by atoms with van der Waals surface area (Å²) in [7, 11) is 0.299. The maximum Gasteiger partial charge on any atom is 0.260 e. The molecule has 1 aromatic heterocycles. The van der Waals surface area contributed by atoms with Crippen LogP contribution in [0.5, 0.6) is 0 Å². The first kappa shape index (κ1) is 19.8. The van der Waals surface area contributed by atoms with Gasteiger partial charge in [-0.3, -0.25) is 4.79 Å². The van der Waals surface area contributed by atoms with Crippen LogP contribution in [0.25, 0.3) is 0 Å². The second kappa shape index (κ2) is 7.10. The number of carbonyl (C=O) groups is 1. The van der Waals surface area contributed by atoms with E-state index in [1.165, 1.54) is 17.0 Å². The van der Waals surface area contributed by atoms with Crippen LogP contribution in [0.2, 0.25) is 0 Å². The van der Waals surface area contributed by atoms with Crippen LogP contribution in [-0.2, 0) is 9.84 Å². The highest BCUT2D eigenvalue weighted by Gasteiger charge is 2.29. The third kappa shape index (κ3) is 3.48. The molecule has 9 heteroatoms. The highest BCUT2D eigenvalue weighted by Crippen LogP contribution is 2.38. The van der Waals surface area contributed by atoms with Crippen LogP contribution in [0, 0.1) is 6.92 Å². The van der Waals surface area contributed by atoms with Gasteiger partial charge >= 0.3 is 0 Å². The zero-order chi connectivity index (χ0) is 21.6. The van der Waals surface area contributed by atoms with Gasteiger partial charge in [-0.2, -0.15) is 4.98 Å². The van der Waals surface area contributed by atoms with Gasteiger partial charge in [0.15, 0.2) is 15.7 Å². The van der Waals surface area contributed by atoms with E-state index in [-0.39, 0.29) is 10.8 Å². The second-order valence-corrected chi connectivity index (χ2v) is 9.28. The molecule has 0 spiro atoms. The molecule has 154 valence electrons. The van der Waals surface area contributed by atoms with Gasteiger partial charge in [-0.15, -0.1) is 0 Å². The Hall–Kier alpha value is -3.46. The molecule has 30 heavy (non-hydrogen) atoms. The Balaban J connectivity index is 1.73. The zero-order valence-electron chi connectivity index (χ0n) is 17.0. The van der Waals surface area contributed by atoms with Gasteiger partial charge in [-0.05, 0) is 48.9 Å². The van der Waals surface area contributed by atoms with E-state index in [9.17, 15) is 13.2 Å². The lowest BCUT2D eigenvalue weighted by Gasteiger charge is -2.21. The highest BCUT2D eigenvalue weighted by molar-refractivity contribution is 7.90. The Labute approximate surface area is 175 Å². The average Bonchev–Trinajstić information content (AvgIpc) is 2.78. The summed E-state index contributed by atoms with van der Waals surface area (Å²) in [6.07, 6.45) is 2.76. The van der Waals surface area contributed by atoms with Crippen molar-refractivity contribution in [2.24, 2.45) is 0 Å². The fourth-order valence-corrected chi connectivity index (χ4v) is 3.96. The van der Waals surface area contributed by atoms with Crippen molar-refractivity contribution in [1.29, 1.82) is 0 Å². The van der Waals surface area contributed by atoms with Gasteiger partial charge in [0, 0.05) is 26.0 Å². The Morgan fingerprint density at radius 1 is 0.967 bits per heavy atom. The summed E-state index contributed by atoms with van der Waals surface area (Å²) in [6, 6.07) is 12.1. The molecule has 0 radical (unpaired) electrons. The Morgan fingerprint density at radius 2 is 1.67 bits per heavy atom. The molecule has 0 aliphatic carbocycles. The first-order chi connectivity index (χ1) is 14.1. The van der Waals surface area contributed by atoms with Gasteiger partial charge in [-0.25, -0.2) is 13.4 Å². The van der Waals surface area contributed by atoms with Gasteiger partial charge in [-0.1, -0.05) is 6.07 Å². The standard InChI is InChI=1S/C21H21N5O3S/c1-13-5-10-16-17(11-13)25(2)19-18(26(3)20(16)27)12-22-21(24-19)23-14-6-8-15(9-7-14)30(4,28)29/h5-12H,1-4H3,(H,22,23,24). The first-order valence-corrected chi connectivity index (χ1v) is 11.1. The molecule has 3 aromatic rings. The molecule has 0 saturated heterocycles. The molecule has 1 amide bonds. The van der Waals surface area contributed by atoms with E-state index in [2.05, 4.69) is 15.3 Å². The molecule has 0 atom stereocenters. The van der Waals surface area contributed by atoms with Crippen LogP contribution in [0.1, 0.15) is 15.9 Å². The summed E-state index contributed by atoms with van der Waals surface area (Å²) in [6.45, 7) is 1.97. The number of rotatable bonds is 3. The summed E-state index contributed by atoms with van der Waals surface area (Å²) >= 11 is 0. The van der Waals surface area contributed by atoms with E-state index in [0.717, 1.165) is 17.5 Å². The molecule has 1 aliphatic rings. The lowest BCUT2D eigenvalue weighted by molar-refractivity contribution is 0.0994. The largest absolute Gasteiger partial charge is 0.327 e.